The van der Waals surface area contributed by atoms with Gasteiger partial charge in [-0.25, -0.2) is 8.78 Å². The van der Waals surface area contributed by atoms with Gasteiger partial charge in [-0.1, -0.05) is 17.7 Å². The lowest BCUT2D eigenvalue weighted by Gasteiger charge is -2.13. The minimum Gasteiger partial charge on any atom is -0.493 e. The molecule has 0 unspecified atom stereocenters. The molecule has 6 heteroatoms. The van der Waals surface area contributed by atoms with E-state index < -0.39 is 6.43 Å². The normalized spacial score (nSPS) is 10.7. The first-order valence-electron chi connectivity index (χ1n) is 4.98. The zero-order chi connectivity index (χ0) is 12.8. The van der Waals surface area contributed by atoms with Crippen LogP contribution in [-0.4, -0.2) is 27.2 Å². The summed E-state index contributed by atoms with van der Waals surface area (Å²) in [5.41, 5.74) is 0.685. The molecule has 0 aliphatic rings. The molecule has 17 heavy (non-hydrogen) atoms. The molecular formula is C11H14ClF2NO2. The summed E-state index contributed by atoms with van der Waals surface area (Å²) in [5, 5.41) is 2.97. The van der Waals surface area contributed by atoms with Gasteiger partial charge in [-0.05, 0) is 11.6 Å². The van der Waals surface area contributed by atoms with E-state index in [4.69, 9.17) is 21.1 Å². The first kappa shape index (κ1) is 14.0. The van der Waals surface area contributed by atoms with Crippen LogP contribution in [0.5, 0.6) is 11.5 Å². The van der Waals surface area contributed by atoms with Gasteiger partial charge in [0.1, 0.15) is 0 Å². The van der Waals surface area contributed by atoms with Gasteiger partial charge in [0.25, 0.3) is 6.43 Å². The second kappa shape index (κ2) is 6.61. The Labute approximate surface area is 104 Å². The molecule has 0 aliphatic carbocycles. The molecule has 96 valence electrons. The van der Waals surface area contributed by atoms with Crippen molar-refractivity contribution in [2.75, 3.05) is 20.8 Å². The second-order valence-corrected chi connectivity index (χ2v) is 3.67. The molecular weight excluding hydrogens is 252 g/mol. The van der Waals surface area contributed by atoms with Crippen molar-refractivity contribution in [1.29, 1.82) is 0 Å². The van der Waals surface area contributed by atoms with Crippen LogP contribution in [-0.2, 0) is 6.54 Å². The number of methoxy groups -OCH3 is 2. The Morgan fingerprint density at radius 1 is 1.29 bits per heavy atom. The van der Waals surface area contributed by atoms with Gasteiger partial charge in [0, 0.05) is 6.54 Å². The molecule has 0 aliphatic heterocycles. The fourth-order valence-electron chi connectivity index (χ4n) is 1.38. The number of hydrogen-bond donors (Lipinski definition) is 1. The summed E-state index contributed by atoms with van der Waals surface area (Å²) < 4.78 is 34.1. The van der Waals surface area contributed by atoms with E-state index >= 15 is 0 Å². The van der Waals surface area contributed by atoms with E-state index in [-0.39, 0.29) is 13.1 Å². The van der Waals surface area contributed by atoms with Gasteiger partial charge in [0.2, 0.25) is 0 Å². The van der Waals surface area contributed by atoms with Crippen molar-refractivity contribution in [3.8, 4) is 11.5 Å². The number of hydrogen-bond acceptors (Lipinski definition) is 3. The molecule has 0 spiro atoms. The van der Waals surface area contributed by atoms with E-state index in [9.17, 15) is 8.78 Å². The first-order valence-corrected chi connectivity index (χ1v) is 5.36. The lowest BCUT2D eigenvalue weighted by molar-refractivity contribution is 0.145. The topological polar surface area (TPSA) is 30.5 Å². The van der Waals surface area contributed by atoms with Gasteiger partial charge in [-0.15, -0.1) is 0 Å². The van der Waals surface area contributed by atoms with E-state index in [1.54, 1.807) is 12.1 Å². The van der Waals surface area contributed by atoms with Gasteiger partial charge in [0.15, 0.2) is 11.5 Å². The van der Waals surface area contributed by atoms with Crippen molar-refractivity contribution in [1.82, 2.24) is 5.32 Å². The summed E-state index contributed by atoms with van der Waals surface area (Å²) in [6.07, 6.45) is -2.38. The number of halogens is 3. The summed E-state index contributed by atoms with van der Waals surface area (Å²) in [6, 6.07) is 3.40. The van der Waals surface area contributed by atoms with Crippen molar-refractivity contribution in [3.05, 3.63) is 22.7 Å². The third-order valence-corrected chi connectivity index (χ3v) is 2.59. The van der Waals surface area contributed by atoms with Crippen LogP contribution in [0.2, 0.25) is 5.02 Å². The van der Waals surface area contributed by atoms with Crippen molar-refractivity contribution in [3.63, 3.8) is 0 Å². The van der Waals surface area contributed by atoms with Gasteiger partial charge in [-0.3, -0.25) is 0 Å². The monoisotopic (exact) mass is 265 g/mol. The third kappa shape index (κ3) is 3.71. The van der Waals surface area contributed by atoms with Gasteiger partial charge in [-0.2, -0.15) is 0 Å². The minimum atomic E-state index is -2.38. The van der Waals surface area contributed by atoms with Crippen LogP contribution in [0.1, 0.15) is 5.56 Å². The Kier molecular flexibility index (Phi) is 5.44. The van der Waals surface area contributed by atoms with Crippen molar-refractivity contribution < 1.29 is 18.3 Å². The average Bonchev–Trinajstić information content (AvgIpc) is 2.30. The maximum atomic E-state index is 12.0. The first-order chi connectivity index (χ1) is 8.10. The van der Waals surface area contributed by atoms with E-state index in [0.29, 0.717) is 22.1 Å². The highest BCUT2D eigenvalue weighted by atomic mass is 35.5. The molecule has 0 amide bonds. The quantitative estimate of drug-likeness (QED) is 0.858. The molecule has 3 nitrogen and oxygen atoms in total. The largest absolute Gasteiger partial charge is 0.493 e. The fraction of sp³-hybridized carbons (Fsp3) is 0.455. The molecule has 1 aromatic carbocycles. The van der Waals surface area contributed by atoms with Gasteiger partial charge < -0.3 is 14.8 Å². The maximum absolute atomic E-state index is 12.0. The Bertz CT molecular complexity index is 375. The highest BCUT2D eigenvalue weighted by Crippen LogP contribution is 2.37. The number of rotatable bonds is 6. The number of benzene rings is 1. The number of nitrogens with one attached hydrogen (secondary N) is 1. The van der Waals surface area contributed by atoms with Crippen LogP contribution in [0.15, 0.2) is 12.1 Å². The van der Waals surface area contributed by atoms with Crippen LogP contribution in [0.4, 0.5) is 8.78 Å². The molecule has 0 bridgehead atoms. The van der Waals surface area contributed by atoms with E-state index in [2.05, 4.69) is 5.32 Å². The fourth-order valence-corrected chi connectivity index (χ4v) is 1.68. The molecule has 1 N–H and O–H groups in total. The average molecular weight is 266 g/mol. The molecule has 0 aromatic heterocycles. The van der Waals surface area contributed by atoms with E-state index in [0.717, 1.165) is 0 Å². The SMILES string of the molecule is COc1ccc(CNCC(F)F)c(Cl)c1OC. The summed E-state index contributed by atoms with van der Waals surface area (Å²) >= 11 is 6.08. The molecule has 0 fully saturated rings. The predicted molar refractivity (Wildman–Crippen MR) is 62.3 cm³/mol. The summed E-state index contributed by atoms with van der Waals surface area (Å²) in [6.45, 7) is -0.117. The molecule has 0 radical (unpaired) electrons. The highest BCUT2D eigenvalue weighted by Gasteiger charge is 2.13. The Morgan fingerprint density at radius 3 is 2.53 bits per heavy atom. The lowest BCUT2D eigenvalue weighted by atomic mass is 10.2. The smallest absolute Gasteiger partial charge is 0.250 e. The third-order valence-electron chi connectivity index (χ3n) is 2.18. The molecule has 1 rings (SSSR count). The lowest BCUT2D eigenvalue weighted by Crippen LogP contribution is -2.20. The Hall–Kier alpha value is -1.07. The van der Waals surface area contributed by atoms with Crippen molar-refractivity contribution in [2.24, 2.45) is 0 Å². The maximum Gasteiger partial charge on any atom is 0.250 e. The summed E-state index contributed by atoms with van der Waals surface area (Å²) in [5.74, 6) is 0.917. The zero-order valence-corrected chi connectivity index (χ0v) is 10.4. The zero-order valence-electron chi connectivity index (χ0n) is 9.60. The molecule has 1 aromatic rings. The molecule has 0 saturated heterocycles. The van der Waals surface area contributed by atoms with Crippen LogP contribution in [0, 0.1) is 0 Å². The van der Waals surface area contributed by atoms with Crippen LogP contribution >= 0.6 is 11.6 Å². The van der Waals surface area contributed by atoms with Gasteiger partial charge >= 0.3 is 0 Å². The summed E-state index contributed by atoms with van der Waals surface area (Å²) in [4.78, 5) is 0. The Morgan fingerprint density at radius 2 is 2.00 bits per heavy atom. The van der Waals surface area contributed by atoms with E-state index in [1.807, 2.05) is 0 Å². The van der Waals surface area contributed by atoms with Crippen LogP contribution in [0.3, 0.4) is 0 Å². The van der Waals surface area contributed by atoms with E-state index in [1.165, 1.54) is 14.2 Å². The van der Waals surface area contributed by atoms with Crippen molar-refractivity contribution in [2.45, 2.75) is 13.0 Å². The molecule has 0 atom stereocenters. The van der Waals surface area contributed by atoms with Crippen LogP contribution < -0.4 is 14.8 Å². The highest BCUT2D eigenvalue weighted by molar-refractivity contribution is 6.33. The molecule has 0 heterocycles. The number of alkyl halides is 2. The summed E-state index contributed by atoms with van der Waals surface area (Å²) in [7, 11) is 2.98. The van der Waals surface area contributed by atoms with Crippen molar-refractivity contribution >= 4 is 11.6 Å². The minimum absolute atomic E-state index is 0.253. The van der Waals surface area contributed by atoms with Crippen LogP contribution in [0.25, 0.3) is 0 Å². The standard InChI is InChI=1S/C11H14ClF2NO2/c1-16-8-4-3-7(5-15-6-9(13)14)10(12)11(8)17-2/h3-4,9,15H,5-6H2,1-2H3. The number of ether oxygens (including phenoxy) is 2. The predicted octanol–water partition coefficient (Wildman–Crippen LogP) is 2.71. The Balaban J connectivity index is 2.80. The van der Waals surface area contributed by atoms with Gasteiger partial charge in [0.05, 0.1) is 25.8 Å². The molecule has 0 saturated carbocycles. The second-order valence-electron chi connectivity index (χ2n) is 3.30.